The van der Waals surface area contributed by atoms with Gasteiger partial charge in [-0.1, -0.05) is 0 Å². The van der Waals surface area contributed by atoms with Crippen molar-refractivity contribution < 1.29 is 39.2 Å². The maximum atomic E-state index is 14.1. The lowest BCUT2D eigenvalue weighted by Gasteiger charge is -2.50. The molecule has 44 heavy (non-hydrogen) atoms. The number of aromatic hydroxyl groups is 1. The molecule has 0 bridgehead atoms. The molecule has 3 aliphatic rings. The maximum absolute atomic E-state index is 14.1. The second-order valence-corrected chi connectivity index (χ2v) is 11.6. The number of nitrogens with one attached hydrogen (secondary N) is 3. The van der Waals surface area contributed by atoms with E-state index in [9.17, 15) is 39.2 Å². The second kappa shape index (κ2) is 10.6. The van der Waals surface area contributed by atoms with E-state index in [4.69, 9.17) is 11.1 Å². The molecule has 0 unspecified atom stereocenters. The minimum Gasteiger partial charge on any atom is -0.510 e. The number of fused-ring (bicyclic) bond motifs is 3. The average Bonchev–Trinajstić information content (AvgIpc) is 2.93. The summed E-state index contributed by atoms with van der Waals surface area (Å²) in [5.74, 6) is -8.23. The number of rotatable bonds is 5. The van der Waals surface area contributed by atoms with E-state index in [0.717, 1.165) is 0 Å². The molecule has 0 radical (unpaired) electrons. The van der Waals surface area contributed by atoms with Crippen LogP contribution in [0, 0.1) is 23.1 Å². The molecule has 2 aromatic carbocycles. The lowest BCUT2D eigenvalue weighted by molar-refractivity contribution is -0.148. The number of likely N-dealkylation sites (N-methyl/N-ethyl adjacent to an activating group) is 1. The number of nitrogens with two attached hydrogens (primary N) is 1. The highest BCUT2D eigenvalue weighted by Crippen LogP contribution is 2.53. The number of carbonyl (C=O) groups is 3. The third-order valence-electron chi connectivity index (χ3n) is 8.55. The van der Waals surface area contributed by atoms with E-state index in [1.807, 2.05) is 0 Å². The normalized spacial score (nSPS) is 24.5. The predicted octanol–water partition coefficient (Wildman–Crippen LogP) is 1.78. The van der Waals surface area contributed by atoms with Crippen LogP contribution in [-0.4, -0.2) is 88.6 Å². The van der Waals surface area contributed by atoms with Gasteiger partial charge in [-0.25, -0.2) is 4.39 Å². The standard InChI is InChI=1S/C30H33FN6O7/c1-36(2)18-11-17(35-29(33)34-14-7-5-13(31)6-8-14)23(38)20-15(18)9-12-10-16-22(37(3)4)25(40)21(28(32)43)27(42)30(16,44)26(41)19(12)24(20)39/h5-8,11-12,16,22,38,40-41,44H,9-10H2,1-4H3,(H2,32,43)(H3,33,34,35)/t12-,16-,22-,30-/m0/s1. The highest BCUT2D eigenvalue weighted by molar-refractivity contribution is 6.25. The van der Waals surface area contributed by atoms with Crippen LogP contribution in [-0.2, 0) is 16.0 Å². The van der Waals surface area contributed by atoms with Crippen molar-refractivity contribution >= 4 is 40.5 Å². The number of phenolic OH excluding ortho intramolecular Hbond substituents is 1. The zero-order valence-electron chi connectivity index (χ0n) is 24.4. The van der Waals surface area contributed by atoms with Crippen LogP contribution >= 0.6 is 0 Å². The fourth-order valence-electron chi connectivity index (χ4n) is 6.64. The van der Waals surface area contributed by atoms with E-state index in [1.165, 1.54) is 29.2 Å². The van der Waals surface area contributed by atoms with Gasteiger partial charge in [-0.3, -0.25) is 24.7 Å². The molecular formula is C30H33FN6O7. The minimum absolute atomic E-state index is 0.0309. The molecule has 0 fully saturated rings. The van der Waals surface area contributed by atoms with Gasteiger partial charge in [-0.05, 0) is 68.8 Å². The van der Waals surface area contributed by atoms with E-state index >= 15 is 0 Å². The Balaban J connectivity index is 1.62. The number of hydrogen-bond acceptors (Lipinski definition) is 10. The Bertz CT molecular complexity index is 1680. The molecule has 2 aromatic rings. The van der Waals surface area contributed by atoms with Crippen molar-refractivity contribution in [1.29, 1.82) is 5.41 Å². The Hall–Kier alpha value is -4.95. The zero-order valence-corrected chi connectivity index (χ0v) is 24.4. The first-order valence-electron chi connectivity index (χ1n) is 13.7. The Morgan fingerprint density at radius 1 is 1.09 bits per heavy atom. The predicted molar refractivity (Wildman–Crippen MR) is 159 cm³/mol. The number of ketones is 2. The molecule has 1 amide bonds. The first kappa shape index (κ1) is 30.5. The van der Waals surface area contributed by atoms with Gasteiger partial charge in [-0.2, -0.15) is 0 Å². The van der Waals surface area contributed by atoms with Crippen molar-refractivity contribution in [3.05, 3.63) is 69.9 Å². The van der Waals surface area contributed by atoms with Crippen molar-refractivity contribution in [3.63, 3.8) is 0 Å². The van der Waals surface area contributed by atoms with Crippen LogP contribution in [0.2, 0.25) is 0 Å². The summed E-state index contributed by atoms with van der Waals surface area (Å²) in [4.78, 5) is 43.0. The van der Waals surface area contributed by atoms with E-state index in [0.29, 0.717) is 16.9 Å². The van der Waals surface area contributed by atoms with Crippen LogP contribution in [0.5, 0.6) is 5.75 Å². The van der Waals surface area contributed by atoms with Crippen molar-refractivity contribution in [3.8, 4) is 5.75 Å². The van der Waals surface area contributed by atoms with E-state index in [1.54, 1.807) is 39.2 Å². The number of halogens is 1. The molecule has 0 spiro atoms. The highest BCUT2D eigenvalue weighted by atomic mass is 19.1. The number of hydrogen-bond donors (Lipinski definition) is 8. The van der Waals surface area contributed by atoms with E-state index in [-0.39, 0.29) is 35.6 Å². The van der Waals surface area contributed by atoms with Crippen LogP contribution in [0.25, 0.3) is 0 Å². The summed E-state index contributed by atoms with van der Waals surface area (Å²) in [7, 11) is 6.57. The van der Waals surface area contributed by atoms with Gasteiger partial charge in [0.25, 0.3) is 5.91 Å². The maximum Gasteiger partial charge on any atom is 0.255 e. The van der Waals surface area contributed by atoms with Gasteiger partial charge in [-0.15, -0.1) is 0 Å². The summed E-state index contributed by atoms with van der Waals surface area (Å²) in [5, 5.41) is 59.3. The lowest BCUT2D eigenvalue weighted by Crippen LogP contribution is -2.63. The molecule has 5 rings (SSSR count). The fraction of sp³-hybridized carbons (Fsp3) is 0.333. The third-order valence-corrected chi connectivity index (χ3v) is 8.55. The van der Waals surface area contributed by atoms with Crippen LogP contribution < -0.4 is 21.3 Å². The molecule has 4 atom stereocenters. The SMILES string of the molecule is CN(C)c1cc(NC(=N)Nc2ccc(F)cc2)c(O)c2c1C[C@H]1C[C@H]3[C@H](N(C)C)C(O)=C(C(N)=O)C(=O)[C@@]3(O)C(O)=C1C2=O. The molecule has 232 valence electrons. The molecule has 0 aliphatic heterocycles. The minimum atomic E-state index is -2.75. The Labute approximate surface area is 251 Å². The van der Waals surface area contributed by atoms with Crippen molar-refractivity contribution in [2.75, 3.05) is 43.7 Å². The smallest absolute Gasteiger partial charge is 0.255 e. The van der Waals surface area contributed by atoms with Gasteiger partial charge in [0.05, 0.1) is 17.3 Å². The highest BCUT2D eigenvalue weighted by Gasteiger charge is 2.63. The number of benzene rings is 2. The number of aliphatic hydroxyl groups excluding tert-OH is 2. The van der Waals surface area contributed by atoms with Crippen LogP contribution in [0.1, 0.15) is 22.3 Å². The van der Waals surface area contributed by atoms with E-state index in [2.05, 4.69) is 10.6 Å². The Kier molecular flexibility index (Phi) is 7.38. The topological polar surface area (TPSA) is 213 Å². The number of nitrogens with zero attached hydrogens (tertiary/aromatic N) is 2. The number of phenols is 1. The molecule has 0 heterocycles. The van der Waals surface area contributed by atoms with E-state index < -0.39 is 69.6 Å². The van der Waals surface area contributed by atoms with Crippen LogP contribution in [0.4, 0.5) is 21.5 Å². The van der Waals surface area contributed by atoms with Gasteiger partial charge in [0, 0.05) is 37.0 Å². The van der Waals surface area contributed by atoms with Crippen molar-refractivity contribution in [1.82, 2.24) is 4.90 Å². The number of amides is 1. The van der Waals surface area contributed by atoms with Crippen molar-refractivity contribution in [2.24, 2.45) is 17.6 Å². The molecule has 13 nitrogen and oxygen atoms in total. The molecule has 3 aliphatic carbocycles. The second-order valence-electron chi connectivity index (χ2n) is 11.6. The summed E-state index contributed by atoms with van der Waals surface area (Å²) in [6.45, 7) is 0. The third kappa shape index (κ3) is 4.53. The molecule has 14 heteroatoms. The van der Waals surface area contributed by atoms with Gasteiger partial charge < -0.3 is 41.7 Å². The molecule has 0 saturated heterocycles. The molecular weight excluding hydrogens is 575 g/mol. The number of primary amides is 1. The van der Waals surface area contributed by atoms with Gasteiger partial charge >= 0.3 is 0 Å². The van der Waals surface area contributed by atoms with Gasteiger partial charge in [0.2, 0.25) is 5.78 Å². The van der Waals surface area contributed by atoms with Crippen LogP contribution in [0.3, 0.4) is 0 Å². The van der Waals surface area contributed by atoms with Crippen LogP contribution in [0.15, 0.2) is 53.0 Å². The Morgan fingerprint density at radius 3 is 2.30 bits per heavy atom. The zero-order chi connectivity index (χ0) is 32.4. The number of guanidine groups is 1. The average molecular weight is 609 g/mol. The first-order valence-corrected chi connectivity index (χ1v) is 13.7. The summed E-state index contributed by atoms with van der Waals surface area (Å²) < 4.78 is 13.3. The summed E-state index contributed by atoms with van der Waals surface area (Å²) in [6.07, 6.45) is 0.0762. The van der Waals surface area contributed by atoms with Gasteiger partial charge in [0.15, 0.2) is 23.1 Å². The van der Waals surface area contributed by atoms with Gasteiger partial charge in [0.1, 0.15) is 22.9 Å². The quantitative estimate of drug-likeness (QED) is 0.106. The number of Topliss-reactive ketones (excluding diaryl/α,β-unsaturated/α-hetero) is 2. The molecule has 0 saturated carbocycles. The lowest BCUT2D eigenvalue weighted by atomic mass is 9.58. The summed E-state index contributed by atoms with van der Waals surface area (Å²) >= 11 is 0. The first-order chi connectivity index (χ1) is 20.6. The summed E-state index contributed by atoms with van der Waals surface area (Å²) in [5.41, 5.74) is 2.57. The monoisotopic (exact) mass is 608 g/mol. The number of aliphatic hydroxyl groups is 3. The Morgan fingerprint density at radius 2 is 1.73 bits per heavy atom. The number of allylic oxidation sites excluding steroid dienone is 1. The molecule has 9 N–H and O–H groups in total. The summed E-state index contributed by atoms with van der Waals surface area (Å²) in [6, 6.07) is 5.69. The van der Waals surface area contributed by atoms with Crippen molar-refractivity contribution in [2.45, 2.75) is 24.5 Å². The fourth-order valence-corrected chi connectivity index (χ4v) is 6.64. The largest absolute Gasteiger partial charge is 0.510 e. The molecule has 0 aromatic heterocycles. The number of carbonyl (C=O) groups excluding carboxylic acids is 3. The number of anilines is 3.